The molecule has 0 aliphatic rings. The molecule has 0 saturated heterocycles. The van der Waals surface area contributed by atoms with Gasteiger partial charge in [0.1, 0.15) is 10.7 Å². The molecule has 9 heteroatoms. The Morgan fingerprint density at radius 2 is 2.21 bits per heavy atom. The predicted octanol–water partition coefficient (Wildman–Crippen LogP) is 0.130. The molecule has 0 spiro atoms. The highest BCUT2D eigenvalue weighted by Gasteiger charge is 2.22. The minimum absolute atomic E-state index is 0.0177. The van der Waals surface area contributed by atoms with Crippen molar-refractivity contribution in [2.24, 2.45) is 5.84 Å². The van der Waals surface area contributed by atoms with E-state index in [0.29, 0.717) is 5.82 Å². The van der Waals surface area contributed by atoms with Gasteiger partial charge in [0.25, 0.3) is 0 Å². The van der Waals surface area contributed by atoms with E-state index in [4.69, 9.17) is 5.84 Å². The molecule has 0 aromatic carbocycles. The summed E-state index contributed by atoms with van der Waals surface area (Å²) in [4.78, 5) is 10.6. The average molecular weight is 282 g/mol. The first-order valence-electron chi connectivity index (χ1n) is 5.47. The lowest BCUT2D eigenvalue weighted by Crippen LogP contribution is -2.28. The van der Waals surface area contributed by atoms with Crippen LogP contribution in [0.3, 0.4) is 0 Å². The molecule has 102 valence electrons. The molecule has 8 nitrogen and oxygen atoms in total. The number of hydrazine groups is 1. The summed E-state index contributed by atoms with van der Waals surface area (Å²) in [5.74, 6) is 5.81. The Bertz CT molecular complexity index is 640. The summed E-state index contributed by atoms with van der Waals surface area (Å²) >= 11 is 0. The number of H-pyrrole nitrogens is 1. The number of imidazole rings is 1. The molecule has 1 atom stereocenters. The van der Waals surface area contributed by atoms with Crippen molar-refractivity contribution < 1.29 is 8.42 Å². The van der Waals surface area contributed by atoms with Crippen LogP contribution in [0, 0.1) is 0 Å². The van der Waals surface area contributed by atoms with E-state index < -0.39 is 16.1 Å². The summed E-state index contributed by atoms with van der Waals surface area (Å²) in [7, 11) is -3.74. The lowest BCUT2D eigenvalue weighted by molar-refractivity contribution is 0.561. The van der Waals surface area contributed by atoms with Gasteiger partial charge in [0.15, 0.2) is 0 Å². The molecule has 19 heavy (non-hydrogen) atoms. The van der Waals surface area contributed by atoms with Crippen molar-refractivity contribution >= 4 is 15.7 Å². The summed E-state index contributed by atoms with van der Waals surface area (Å²) < 4.78 is 27.0. The third kappa shape index (κ3) is 2.89. The molecule has 2 aromatic heterocycles. The first-order valence-corrected chi connectivity index (χ1v) is 6.95. The molecule has 0 aliphatic carbocycles. The van der Waals surface area contributed by atoms with Gasteiger partial charge in [-0.3, -0.25) is 10.8 Å². The van der Waals surface area contributed by atoms with Crippen molar-refractivity contribution in [3.63, 3.8) is 0 Å². The monoisotopic (exact) mass is 282 g/mol. The predicted molar refractivity (Wildman–Crippen MR) is 69.4 cm³/mol. The molecule has 2 heterocycles. The summed E-state index contributed by atoms with van der Waals surface area (Å²) in [5.41, 5.74) is 2.60. The largest absolute Gasteiger partial charge is 0.347 e. The van der Waals surface area contributed by atoms with E-state index in [0.717, 1.165) is 0 Å². The van der Waals surface area contributed by atoms with E-state index >= 15 is 0 Å². The zero-order valence-electron chi connectivity index (χ0n) is 10.2. The number of sulfonamides is 1. The molecule has 2 rings (SSSR count). The molecule has 0 fully saturated rings. The number of aromatic nitrogens is 3. The zero-order chi connectivity index (χ0) is 13.9. The Morgan fingerprint density at radius 1 is 1.42 bits per heavy atom. The maximum atomic E-state index is 12.2. The first-order chi connectivity index (χ1) is 9.04. The Kier molecular flexibility index (Phi) is 3.79. The Labute approximate surface area is 110 Å². The third-order valence-electron chi connectivity index (χ3n) is 2.49. The Balaban J connectivity index is 2.28. The maximum Gasteiger partial charge on any atom is 0.244 e. The number of aromatic amines is 1. The second kappa shape index (κ2) is 5.34. The van der Waals surface area contributed by atoms with Crippen molar-refractivity contribution in [1.82, 2.24) is 19.7 Å². The van der Waals surface area contributed by atoms with Gasteiger partial charge in [-0.1, -0.05) is 0 Å². The standard InChI is InChI=1S/C10H14N6O2S/c1-7(10-13-4-5-14-10)16-19(17,18)9-6-12-3-2-8(9)15-11/h2-7,16H,11H2,1H3,(H,12,15)(H,13,14). The minimum atomic E-state index is -3.74. The van der Waals surface area contributed by atoms with E-state index in [2.05, 4.69) is 25.1 Å². The summed E-state index contributed by atoms with van der Waals surface area (Å²) in [5, 5.41) is 0. The molecule has 5 N–H and O–H groups in total. The molecule has 0 bridgehead atoms. The fraction of sp³-hybridized carbons (Fsp3) is 0.200. The van der Waals surface area contributed by atoms with Gasteiger partial charge in [-0.05, 0) is 13.0 Å². The number of hydrogen-bond acceptors (Lipinski definition) is 6. The van der Waals surface area contributed by atoms with Crippen LogP contribution in [0.4, 0.5) is 5.69 Å². The van der Waals surface area contributed by atoms with Crippen LogP contribution in [-0.2, 0) is 10.0 Å². The first kappa shape index (κ1) is 13.5. The molecule has 0 amide bonds. The number of nitrogens with two attached hydrogens (primary N) is 1. The quantitative estimate of drug-likeness (QED) is 0.456. The van der Waals surface area contributed by atoms with E-state index in [1.165, 1.54) is 18.5 Å². The number of nitrogens with zero attached hydrogens (tertiary/aromatic N) is 2. The smallest absolute Gasteiger partial charge is 0.244 e. The Hall–Kier alpha value is -1.97. The van der Waals surface area contributed by atoms with E-state index in [1.54, 1.807) is 19.3 Å². The van der Waals surface area contributed by atoms with Gasteiger partial charge >= 0.3 is 0 Å². The van der Waals surface area contributed by atoms with Crippen LogP contribution in [-0.4, -0.2) is 23.4 Å². The molecule has 2 aromatic rings. The number of nitrogen functional groups attached to an aromatic ring is 1. The van der Waals surface area contributed by atoms with Crippen LogP contribution < -0.4 is 16.0 Å². The second-order valence-corrected chi connectivity index (χ2v) is 5.52. The van der Waals surface area contributed by atoms with Crippen molar-refractivity contribution in [2.75, 3.05) is 5.43 Å². The van der Waals surface area contributed by atoms with E-state index in [9.17, 15) is 8.42 Å². The van der Waals surface area contributed by atoms with E-state index in [1.807, 2.05) is 0 Å². The highest BCUT2D eigenvalue weighted by Crippen LogP contribution is 2.20. The number of anilines is 1. The van der Waals surface area contributed by atoms with Crippen molar-refractivity contribution in [1.29, 1.82) is 0 Å². The summed E-state index contributed by atoms with van der Waals surface area (Å²) in [6.07, 6.45) is 5.85. The fourth-order valence-electron chi connectivity index (χ4n) is 1.58. The Morgan fingerprint density at radius 3 is 2.84 bits per heavy atom. The number of nitrogens with one attached hydrogen (secondary N) is 3. The van der Waals surface area contributed by atoms with Crippen LogP contribution in [0.2, 0.25) is 0 Å². The zero-order valence-corrected chi connectivity index (χ0v) is 11.0. The van der Waals surface area contributed by atoms with Gasteiger partial charge in [0.05, 0.1) is 11.7 Å². The van der Waals surface area contributed by atoms with Gasteiger partial charge in [-0.15, -0.1) is 0 Å². The maximum absolute atomic E-state index is 12.2. The molecular formula is C10H14N6O2S. The van der Waals surface area contributed by atoms with Crippen molar-refractivity contribution in [3.8, 4) is 0 Å². The summed E-state index contributed by atoms with van der Waals surface area (Å²) in [6, 6.07) is 0.984. The second-order valence-electron chi connectivity index (χ2n) is 3.83. The van der Waals surface area contributed by atoms with Crippen LogP contribution in [0.15, 0.2) is 35.7 Å². The van der Waals surface area contributed by atoms with Crippen molar-refractivity contribution in [2.45, 2.75) is 17.9 Å². The molecule has 0 radical (unpaired) electrons. The minimum Gasteiger partial charge on any atom is -0.347 e. The van der Waals surface area contributed by atoms with Gasteiger partial charge < -0.3 is 10.4 Å². The van der Waals surface area contributed by atoms with E-state index in [-0.39, 0.29) is 10.6 Å². The van der Waals surface area contributed by atoms with Crippen molar-refractivity contribution in [3.05, 3.63) is 36.7 Å². The molecule has 1 unspecified atom stereocenters. The van der Waals surface area contributed by atoms with Crippen LogP contribution in [0.1, 0.15) is 18.8 Å². The van der Waals surface area contributed by atoms with Gasteiger partial charge in [-0.25, -0.2) is 18.1 Å². The van der Waals surface area contributed by atoms with Gasteiger partial charge in [0.2, 0.25) is 10.0 Å². The lowest BCUT2D eigenvalue weighted by atomic mass is 10.3. The van der Waals surface area contributed by atoms with Gasteiger partial charge in [-0.2, -0.15) is 0 Å². The van der Waals surface area contributed by atoms with Crippen LogP contribution in [0.25, 0.3) is 0 Å². The number of rotatable bonds is 5. The molecule has 0 aliphatic heterocycles. The average Bonchev–Trinajstić information content (AvgIpc) is 2.92. The third-order valence-corrected chi connectivity index (χ3v) is 4.06. The fourth-order valence-corrected chi connectivity index (χ4v) is 2.90. The SMILES string of the molecule is CC(NS(=O)(=O)c1cnccc1NN)c1ncc[nH]1. The van der Waals surface area contributed by atoms with Crippen LogP contribution >= 0.6 is 0 Å². The number of hydrogen-bond donors (Lipinski definition) is 4. The topological polar surface area (TPSA) is 126 Å². The molecular weight excluding hydrogens is 268 g/mol. The van der Waals surface area contributed by atoms with Gasteiger partial charge in [0, 0.05) is 24.8 Å². The van der Waals surface area contributed by atoms with Crippen LogP contribution in [0.5, 0.6) is 0 Å². The number of pyridine rings is 1. The highest BCUT2D eigenvalue weighted by atomic mass is 32.2. The molecule has 0 saturated carbocycles. The lowest BCUT2D eigenvalue weighted by Gasteiger charge is -2.14. The normalized spacial score (nSPS) is 13.2. The highest BCUT2D eigenvalue weighted by molar-refractivity contribution is 7.89. The summed E-state index contributed by atoms with van der Waals surface area (Å²) in [6.45, 7) is 1.68.